The third kappa shape index (κ3) is 3.68. The summed E-state index contributed by atoms with van der Waals surface area (Å²) in [5.41, 5.74) is 11.4. The fourth-order valence-corrected chi connectivity index (χ4v) is 2.45. The van der Waals surface area contributed by atoms with Gasteiger partial charge in [-0.1, -0.05) is 48.5 Å². The molecular formula is C18H23N. The molecule has 1 atom stereocenters. The molecule has 0 amide bonds. The molecule has 0 fully saturated rings. The van der Waals surface area contributed by atoms with Crippen LogP contribution in [0.15, 0.2) is 48.5 Å². The maximum absolute atomic E-state index is 5.92. The van der Waals surface area contributed by atoms with E-state index in [9.17, 15) is 0 Å². The first-order valence-electron chi connectivity index (χ1n) is 7.02. The van der Waals surface area contributed by atoms with Gasteiger partial charge >= 0.3 is 0 Å². The Labute approximate surface area is 116 Å². The van der Waals surface area contributed by atoms with Crippen LogP contribution >= 0.6 is 0 Å². The molecule has 2 N–H and O–H groups in total. The highest BCUT2D eigenvalue weighted by Crippen LogP contribution is 2.21. The third-order valence-corrected chi connectivity index (χ3v) is 3.91. The molecule has 19 heavy (non-hydrogen) atoms. The van der Waals surface area contributed by atoms with E-state index in [4.69, 9.17) is 5.73 Å². The Morgan fingerprint density at radius 1 is 0.947 bits per heavy atom. The van der Waals surface area contributed by atoms with E-state index in [2.05, 4.69) is 62.4 Å². The minimum atomic E-state index is 0.461. The summed E-state index contributed by atoms with van der Waals surface area (Å²) in [5, 5.41) is 0. The van der Waals surface area contributed by atoms with Crippen LogP contribution in [0.4, 0.5) is 0 Å². The van der Waals surface area contributed by atoms with E-state index < -0.39 is 0 Å². The second-order valence-corrected chi connectivity index (χ2v) is 5.30. The zero-order valence-corrected chi connectivity index (χ0v) is 11.9. The Morgan fingerprint density at radius 2 is 1.68 bits per heavy atom. The Hall–Kier alpha value is -1.60. The number of benzene rings is 2. The molecule has 2 aromatic rings. The molecule has 2 aromatic carbocycles. The quantitative estimate of drug-likeness (QED) is 0.857. The summed E-state index contributed by atoms with van der Waals surface area (Å²) in [7, 11) is 0. The number of nitrogens with two attached hydrogens (primary N) is 1. The van der Waals surface area contributed by atoms with Crippen LogP contribution in [0.25, 0.3) is 0 Å². The van der Waals surface area contributed by atoms with Crippen LogP contribution in [0, 0.1) is 13.8 Å². The molecule has 0 heterocycles. The van der Waals surface area contributed by atoms with Gasteiger partial charge < -0.3 is 5.73 Å². The molecule has 0 aliphatic rings. The third-order valence-electron chi connectivity index (χ3n) is 3.91. The highest BCUT2D eigenvalue weighted by Gasteiger charge is 2.09. The molecule has 1 heteroatoms. The van der Waals surface area contributed by atoms with Crippen LogP contribution in [0.3, 0.4) is 0 Å². The van der Waals surface area contributed by atoms with Crippen molar-refractivity contribution >= 4 is 0 Å². The molecular weight excluding hydrogens is 230 g/mol. The SMILES string of the molecule is Cc1ccc(CCC(CN)c2ccccc2)cc1C. The van der Waals surface area contributed by atoms with Crippen LogP contribution in [0.1, 0.15) is 34.6 Å². The molecule has 100 valence electrons. The lowest BCUT2D eigenvalue weighted by Crippen LogP contribution is -2.13. The molecule has 0 bridgehead atoms. The standard InChI is InChI=1S/C18H23N/c1-14-8-9-16(12-15(14)2)10-11-18(13-19)17-6-4-3-5-7-17/h3-9,12,18H,10-11,13,19H2,1-2H3. The molecule has 0 radical (unpaired) electrons. The zero-order valence-electron chi connectivity index (χ0n) is 11.9. The Balaban J connectivity index is 2.02. The van der Waals surface area contributed by atoms with E-state index in [0.29, 0.717) is 5.92 Å². The largest absolute Gasteiger partial charge is 0.330 e. The molecule has 1 unspecified atom stereocenters. The average molecular weight is 253 g/mol. The first kappa shape index (κ1) is 13.8. The molecule has 0 saturated heterocycles. The number of aryl methyl sites for hydroxylation is 3. The van der Waals surface area contributed by atoms with Gasteiger partial charge in [0.05, 0.1) is 0 Å². The fourth-order valence-electron chi connectivity index (χ4n) is 2.45. The smallest absolute Gasteiger partial charge is 0.000812 e. The van der Waals surface area contributed by atoms with Gasteiger partial charge in [0.25, 0.3) is 0 Å². The van der Waals surface area contributed by atoms with Crippen molar-refractivity contribution in [3.05, 3.63) is 70.8 Å². The Bertz CT molecular complexity index is 516. The first-order chi connectivity index (χ1) is 9.20. The summed E-state index contributed by atoms with van der Waals surface area (Å²) in [6.07, 6.45) is 2.21. The predicted octanol–water partition coefficient (Wildman–Crippen LogP) is 3.98. The molecule has 2 rings (SSSR count). The van der Waals surface area contributed by atoms with E-state index >= 15 is 0 Å². The summed E-state index contributed by atoms with van der Waals surface area (Å²) < 4.78 is 0. The zero-order chi connectivity index (χ0) is 13.7. The van der Waals surface area contributed by atoms with Crippen molar-refractivity contribution in [3.63, 3.8) is 0 Å². The van der Waals surface area contributed by atoms with Gasteiger partial charge in [0.1, 0.15) is 0 Å². The Kier molecular flexibility index (Phi) is 4.75. The van der Waals surface area contributed by atoms with Crippen molar-refractivity contribution in [1.29, 1.82) is 0 Å². The molecule has 0 aliphatic heterocycles. The van der Waals surface area contributed by atoms with Crippen molar-refractivity contribution in [2.24, 2.45) is 5.73 Å². The van der Waals surface area contributed by atoms with Crippen LogP contribution < -0.4 is 5.73 Å². The van der Waals surface area contributed by atoms with Gasteiger partial charge in [-0.15, -0.1) is 0 Å². The number of hydrogen-bond donors (Lipinski definition) is 1. The van der Waals surface area contributed by atoms with Crippen molar-refractivity contribution in [3.8, 4) is 0 Å². The summed E-state index contributed by atoms with van der Waals surface area (Å²) in [4.78, 5) is 0. The fraction of sp³-hybridized carbons (Fsp3) is 0.333. The summed E-state index contributed by atoms with van der Waals surface area (Å²) in [6, 6.07) is 17.3. The summed E-state index contributed by atoms with van der Waals surface area (Å²) in [6.45, 7) is 5.05. The molecule has 0 aliphatic carbocycles. The van der Waals surface area contributed by atoms with Gasteiger partial charge in [-0.25, -0.2) is 0 Å². The van der Waals surface area contributed by atoms with Crippen LogP contribution in [0.2, 0.25) is 0 Å². The van der Waals surface area contributed by atoms with Crippen molar-refractivity contribution < 1.29 is 0 Å². The second kappa shape index (κ2) is 6.53. The lowest BCUT2D eigenvalue weighted by atomic mass is 9.92. The van der Waals surface area contributed by atoms with Crippen molar-refractivity contribution in [1.82, 2.24) is 0 Å². The van der Waals surface area contributed by atoms with Gasteiger partial charge in [-0.3, -0.25) is 0 Å². The van der Waals surface area contributed by atoms with Crippen LogP contribution in [-0.2, 0) is 6.42 Å². The topological polar surface area (TPSA) is 26.0 Å². The number of rotatable bonds is 5. The van der Waals surface area contributed by atoms with E-state index in [1.165, 1.54) is 22.3 Å². The van der Waals surface area contributed by atoms with Crippen LogP contribution in [0.5, 0.6) is 0 Å². The molecule has 0 spiro atoms. The maximum atomic E-state index is 5.92. The van der Waals surface area contributed by atoms with Gasteiger partial charge in [-0.2, -0.15) is 0 Å². The highest BCUT2D eigenvalue weighted by atomic mass is 14.5. The lowest BCUT2D eigenvalue weighted by molar-refractivity contribution is 0.633. The minimum absolute atomic E-state index is 0.461. The monoisotopic (exact) mass is 253 g/mol. The predicted molar refractivity (Wildman–Crippen MR) is 82.5 cm³/mol. The summed E-state index contributed by atoms with van der Waals surface area (Å²) in [5.74, 6) is 0.461. The molecule has 1 nitrogen and oxygen atoms in total. The number of hydrogen-bond acceptors (Lipinski definition) is 1. The lowest BCUT2D eigenvalue weighted by Gasteiger charge is -2.15. The molecule has 0 saturated carbocycles. The van der Waals surface area contributed by atoms with Crippen molar-refractivity contribution in [2.75, 3.05) is 6.54 Å². The Morgan fingerprint density at radius 3 is 2.32 bits per heavy atom. The average Bonchev–Trinajstić information content (AvgIpc) is 2.44. The maximum Gasteiger partial charge on any atom is -0.000812 e. The minimum Gasteiger partial charge on any atom is -0.330 e. The van der Waals surface area contributed by atoms with Gasteiger partial charge in [-0.05, 0) is 61.4 Å². The van der Waals surface area contributed by atoms with Crippen molar-refractivity contribution in [2.45, 2.75) is 32.6 Å². The highest BCUT2D eigenvalue weighted by molar-refractivity contribution is 5.30. The summed E-state index contributed by atoms with van der Waals surface area (Å²) >= 11 is 0. The van der Waals surface area contributed by atoms with Gasteiger partial charge in [0.2, 0.25) is 0 Å². The van der Waals surface area contributed by atoms with Gasteiger partial charge in [0, 0.05) is 0 Å². The first-order valence-corrected chi connectivity index (χ1v) is 7.02. The van der Waals surface area contributed by atoms with Crippen LogP contribution in [-0.4, -0.2) is 6.54 Å². The molecule has 0 aromatic heterocycles. The van der Waals surface area contributed by atoms with E-state index in [1.807, 2.05) is 0 Å². The second-order valence-electron chi connectivity index (χ2n) is 5.30. The normalized spacial score (nSPS) is 12.4. The van der Waals surface area contributed by atoms with E-state index in [-0.39, 0.29) is 0 Å². The van der Waals surface area contributed by atoms with E-state index in [1.54, 1.807) is 0 Å². The van der Waals surface area contributed by atoms with E-state index in [0.717, 1.165) is 19.4 Å². The van der Waals surface area contributed by atoms with Gasteiger partial charge in [0.15, 0.2) is 0 Å².